The number of benzene rings is 2. The van der Waals surface area contributed by atoms with Crippen LogP contribution in [0.5, 0.6) is 0 Å². The molecule has 0 aliphatic carbocycles. The zero-order chi connectivity index (χ0) is 31.3. The van der Waals surface area contributed by atoms with Gasteiger partial charge in [-0.2, -0.15) is 18.3 Å². The number of aryl methyl sites for hydroxylation is 4. The first kappa shape index (κ1) is 28.0. The third-order valence-electron chi connectivity index (χ3n) is 8.63. The first-order chi connectivity index (χ1) is 20.8. The first-order valence-corrected chi connectivity index (χ1v) is 13.9. The summed E-state index contributed by atoms with van der Waals surface area (Å²) >= 11 is 0. The summed E-state index contributed by atoms with van der Waals surface area (Å²) in [5.41, 5.74) is 2.87. The van der Waals surface area contributed by atoms with Crippen molar-refractivity contribution in [2.75, 3.05) is 25.1 Å². The molecular weight excluding hydrogens is 575 g/mol. The maximum atomic E-state index is 14.7. The minimum Gasteiger partial charge on any atom is -0.375 e. The number of fused-ring (bicyclic) bond motifs is 2. The smallest absolute Gasteiger partial charge is 0.375 e. The highest BCUT2D eigenvalue weighted by molar-refractivity contribution is 5.95. The van der Waals surface area contributed by atoms with Crippen LogP contribution in [0.1, 0.15) is 12.5 Å². The summed E-state index contributed by atoms with van der Waals surface area (Å²) in [5.74, 6) is 0.410. The molecule has 11 nitrogen and oxygen atoms in total. The van der Waals surface area contributed by atoms with Gasteiger partial charge < -0.3 is 14.2 Å². The number of methoxy groups -OCH3 is 1. The quantitative estimate of drug-likeness (QED) is 0.292. The highest BCUT2D eigenvalue weighted by atomic mass is 19.4. The van der Waals surface area contributed by atoms with Crippen molar-refractivity contribution in [3.8, 4) is 28.3 Å². The van der Waals surface area contributed by atoms with Crippen LogP contribution in [0.4, 0.5) is 18.9 Å². The van der Waals surface area contributed by atoms with Gasteiger partial charge in [0, 0.05) is 60.2 Å². The maximum absolute atomic E-state index is 14.7. The first-order valence-electron chi connectivity index (χ1n) is 13.9. The summed E-state index contributed by atoms with van der Waals surface area (Å²) in [7, 11) is 8.52. The second-order valence-electron chi connectivity index (χ2n) is 11.7. The van der Waals surface area contributed by atoms with Gasteiger partial charge in [0.2, 0.25) is 0 Å². The zero-order valence-corrected chi connectivity index (χ0v) is 25.0. The summed E-state index contributed by atoms with van der Waals surface area (Å²) < 4.78 is 57.7. The molecule has 228 valence electrons. The second kappa shape index (κ2) is 9.32. The molecule has 44 heavy (non-hydrogen) atoms. The molecule has 14 heteroatoms. The number of anilines is 1. The van der Waals surface area contributed by atoms with Crippen LogP contribution in [0.2, 0.25) is 0 Å². The Bertz CT molecular complexity index is 2160. The normalized spacial score (nSPS) is 15.1. The number of hydrogen-bond acceptors (Lipinski definition) is 6. The van der Waals surface area contributed by atoms with Gasteiger partial charge in [-0.05, 0) is 36.8 Å². The number of halogens is 3. The summed E-state index contributed by atoms with van der Waals surface area (Å²) in [5, 5.41) is 4.09. The van der Waals surface area contributed by atoms with Crippen LogP contribution < -0.4 is 10.6 Å². The van der Waals surface area contributed by atoms with Crippen LogP contribution in [-0.4, -0.2) is 63.8 Å². The fourth-order valence-electron chi connectivity index (χ4n) is 6.21. The van der Waals surface area contributed by atoms with Gasteiger partial charge in [-0.3, -0.25) is 18.4 Å². The average Bonchev–Trinajstić information content (AvgIpc) is 3.73. The van der Waals surface area contributed by atoms with Gasteiger partial charge in [0.25, 0.3) is 0 Å². The number of alkyl halides is 3. The molecule has 6 aromatic rings. The van der Waals surface area contributed by atoms with Crippen molar-refractivity contribution >= 4 is 27.8 Å². The molecule has 0 saturated carbocycles. The molecule has 7 rings (SSSR count). The summed E-state index contributed by atoms with van der Waals surface area (Å²) in [4.78, 5) is 24.3. The standard InChI is InChI=1S/C30H30F3N9O2/c1-29(44-6)14-41(15-29)24-8-18(7-23-26(24)40(5)28(43)39(23)4)42-22-10-20(30(31,32)33)19(17-11-35-38(3)13-17)9-21(22)36-27(42)25-12-34-16-37(25)2/h7-13,16H,14-15H2,1-6H3. The third-order valence-corrected chi connectivity index (χ3v) is 8.63. The lowest BCUT2D eigenvalue weighted by Gasteiger charge is -2.48. The van der Waals surface area contributed by atoms with Crippen LogP contribution in [-0.2, 0) is 39.1 Å². The van der Waals surface area contributed by atoms with Gasteiger partial charge in [0.1, 0.15) is 5.69 Å². The van der Waals surface area contributed by atoms with E-state index >= 15 is 0 Å². The number of rotatable bonds is 5. The Morgan fingerprint density at radius 2 is 1.73 bits per heavy atom. The lowest BCUT2D eigenvalue weighted by molar-refractivity contribution is -0.137. The number of aromatic nitrogens is 8. The Labute approximate surface area is 249 Å². The van der Waals surface area contributed by atoms with E-state index in [1.807, 2.05) is 19.1 Å². The molecule has 5 heterocycles. The van der Waals surface area contributed by atoms with Crippen LogP contribution in [0.15, 0.2) is 54.0 Å². The van der Waals surface area contributed by atoms with Gasteiger partial charge in [0.15, 0.2) is 5.82 Å². The summed E-state index contributed by atoms with van der Waals surface area (Å²) in [6.45, 7) is 3.17. The van der Waals surface area contributed by atoms with E-state index in [4.69, 9.17) is 9.72 Å². The number of imidazole rings is 3. The highest BCUT2D eigenvalue weighted by Gasteiger charge is 2.40. The molecule has 0 N–H and O–H groups in total. The Balaban J connectivity index is 1.56. The van der Waals surface area contributed by atoms with Crippen LogP contribution in [0, 0.1) is 0 Å². The van der Waals surface area contributed by atoms with Crippen molar-refractivity contribution in [1.82, 2.24) is 38.0 Å². The third kappa shape index (κ3) is 4.08. The van der Waals surface area contributed by atoms with Crippen LogP contribution >= 0.6 is 0 Å². The van der Waals surface area contributed by atoms with Gasteiger partial charge in [0.05, 0.1) is 63.3 Å². The van der Waals surface area contributed by atoms with Crippen molar-refractivity contribution in [3.05, 3.63) is 65.2 Å². The summed E-state index contributed by atoms with van der Waals surface area (Å²) in [6, 6.07) is 6.33. The molecule has 1 aliphatic heterocycles. The molecule has 4 aromatic heterocycles. The van der Waals surface area contributed by atoms with Gasteiger partial charge in [-0.25, -0.2) is 14.8 Å². The Kier molecular flexibility index (Phi) is 5.92. The maximum Gasteiger partial charge on any atom is 0.417 e. The molecular formula is C30H30F3N9O2. The minimum absolute atomic E-state index is 0.0136. The monoisotopic (exact) mass is 605 g/mol. The van der Waals surface area contributed by atoms with Gasteiger partial charge >= 0.3 is 11.9 Å². The van der Waals surface area contributed by atoms with Crippen molar-refractivity contribution in [1.29, 1.82) is 0 Å². The molecule has 2 aromatic carbocycles. The predicted octanol–water partition coefficient (Wildman–Crippen LogP) is 4.26. The Hall–Kier alpha value is -4.85. The number of hydrogen-bond donors (Lipinski definition) is 0. The van der Waals surface area contributed by atoms with E-state index in [-0.39, 0.29) is 22.4 Å². The van der Waals surface area contributed by atoms with E-state index in [1.54, 1.807) is 72.3 Å². The lowest BCUT2D eigenvalue weighted by atomic mass is 9.95. The fourth-order valence-corrected chi connectivity index (χ4v) is 6.21. The van der Waals surface area contributed by atoms with Gasteiger partial charge in [-0.15, -0.1) is 0 Å². The molecule has 0 unspecified atom stereocenters. The topological polar surface area (TPSA) is 92.9 Å². The Morgan fingerprint density at radius 3 is 2.34 bits per heavy atom. The second-order valence-corrected chi connectivity index (χ2v) is 11.7. The molecule has 0 amide bonds. The van der Waals surface area contributed by atoms with E-state index < -0.39 is 11.7 Å². The molecule has 1 fully saturated rings. The van der Waals surface area contributed by atoms with Crippen molar-refractivity contribution in [2.45, 2.75) is 18.7 Å². The zero-order valence-electron chi connectivity index (χ0n) is 25.0. The lowest BCUT2D eigenvalue weighted by Crippen LogP contribution is -2.61. The van der Waals surface area contributed by atoms with Crippen molar-refractivity contribution in [2.24, 2.45) is 28.2 Å². The molecule has 0 atom stereocenters. The summed E-state index contributed by atoms with van der Waals surface area (Å²) in [6.07, 6.45) is 1.55. The molecule has 0 radical (unpaired) electrons. The predicted molar refractivity (Wildman–Crippen MR) is 160 cm³/mol. The fraction of sp³-hybridized carbons (Fsp3) is 0.333. The van der Waals surface area contributed by atoms with E-state index in [0.29, 0.717) is 46.9 Å². The Morgan fingerprint density at radius 1 is 0.977 bits per heavy atom. The molecule has 0 spiro atoms. The minimum atomic E-state index is -4.65. The van der Waals surface area contributed by atoms with Crippen molar-refractivity contribution < 1.29 is 17.9 Å². The number of nitrogens with zero attached hydrogens (tertiary/aromatic N) is 9. The molecule has 0 bridgehead atoms. The van der Waals surface area contributed by atoms with Crippen molar-refractivity contribution in [3.63, 3.8) is 0 Å². The van der Waals surface area contributed by atoms with Crippen LogP contribution in [0.25, 0.3) is 50.4 Å². The van der Waals surface area contributed by atoms with Crippen LogP contribution in [0.3, 0.4) is 0 Å². The molecule has 1 saturated heterocycles. The SMILES string of the molecule is COC1(C)CN(c2cc(-n3c(-c4cncn4C)nc4cc(-c5cnn(C)c5)c(C(F)(F)F)cc43)cc3c2n(C)c(=O)n3C)C1. The average molecular weight is 606 g/mol. The van der Waals surface area contributed by atoms with Gasteiger partial charge in [-0.1, -0.05) is 0 Å². The van der Waals surface area contributed by atoms with E-state index in [2.05, 4.69) is 15.0 Å². The van der Waals surface area contributed by atoms with E-state index in [1.165, 1.54) is 16.9 Å². The van der Waals surface area contributed by atoms with E-state index in [9.17, 15) is 18.0 Å². The molecule has 1 aliphatic rings. The van der Waals surface area contributed by atoms with E-state index in [0.717, 1.165) is 17.3 Å². The highest BCUT2D eigenvalue weighted by Crippen LogP contribution is 2.42. The number of ether oxygens (including phenoxy) is 1. The largest absolute Gasteiger partial charge is 0.417 e.